The van der Waals surface area contributed by atoms with Gasteiger partial charge in [-0.3, -0.25) is 13.9 Å². The van der Waals surface area contributed by atoms with Crippen LogP contribution in [-0.2, 0) is 0 Å². The number of fused-ring (bicyclic) bond motifs is 8. The van der Waals surface area contributed by atoms with E-state index < -0.39 is 0 Å². The first kappa shape index (κ1) is 31.0. The van der Waals surface area contributed by atoms with Crippen LogP contribution in [-0.4, -0.2) is 23.7 Å². The quantitative estimate of drug-likeness (QED) is 0.179. The summed E-state index contributed by atoms with van der Waals surface area (Å²) in [5.41, 5.74) is 9.84. The van der Waals surface area contributed by atoms with E-state index in [2.05, 4.69) is 100 Å². The van der Waals surface area contributed by atoms with Crippen LogP contribution in [0.2, 0.25) is 0 Å². The molecule has 7 aromatic carbocycles. The SMILES string of the molecule is O=c1c2c3ccccc3n(-c3nc(-c4ccccc4)cc(-c4ccccc4)n3)c2c2cc3c4ccccc4n(-c4ccccc4)c3cc2n1-c1ccccc1. The molecular formula is C49H31N5O. The van der Waals surface area contributed by atoms with Gasteiger partial charge in [0.15, 0.2) is 0 Å². The summed E-state index contributed by atoms with van der Waals surface area (Å²) in [6.07, 6.45) is 0. The van der Waals surface area contributed by atoms with E-state index >= 15 is 4.79 Å². The average molecular weight is 706 g/mol. The number of hydrogen-bond acceptors (Lipinski definition) is 3. The summed E-state index contributed by atoms with van der Waals surface area (Å²) in [4.78, 5) is 25.9. The molecule has 0 spiro atoms. The zero-order valence-corrected chi connectivity index (χ0v) is 29.5. The Hall–Kier alpha value is -7.57. The van der Waals surface area contributed by atoms with Crippen molar-refractivity contribution in [2.75, 3.05) is 0 Å². The van der Waals surface area contributed by atoms with Gasteiger partial charge < -0.3 is 4.57 Å². The van der Waals surface area contributed by atoms with Crippen LogP contribution in [0.15, 0.2) is 193 Å². The van der Waals surface area contributed by atoms with Crippen molar-refractivity contribution in [3.63, 3.8) is 0 Å². The van der Waals surface area contributed by atoms with Crippen LogP contribution < -0.4 is 5.56 Å². The summed E-state index contributed by atoms with van der Waals surface area (Å²) >= 11 is 0. The number of para-hydroxylation sites is 4. The summed E-state index contributed by atoms with van der Waals surface area (Å²) in [5.74, 6) is 0.497. The summed E-state index contributed by atoms with van der Waals surface area (Å²) in [5, 5.41) is 4.61. The molecule has 0 aliphatic carbocycles. The van der Waals surface area contributed by atoms with Crippen molar-refractivity contribution >= 4 is 54.5 Å². The maximum atomic E-state index is 15.3. The Morgan fingerprint density at radius 3 is 1.44 bits per heavy atom. The molecule has 0 atom stereocenters. The largest absolute Gasteiger partial charge is 0.309 e. The van der Waals surface area contributed by atoms with E-state index in [4.69, 9.17) is 9.97 Å². The molecule has 6 nitrogen and oxygen atoms in total. The highest BCUT2D eigenvalue weighted by Crippen LogP contribution is 2.40. The minimum atomic E-state index is -0.104. The molecule has 0 aliphatic heterocycles. The zero-order valence-electron chi connectivity index (χ0n) is 29.5. The van der Waals surface area contributed by atoms with Crippen molar-refractivity contribution < 1.29 is 0 Å². The van der Waals surface area contributed by atoms with Gasteiger partial charge in [0, 0.05) is 44.0 Å². The molecule has 11 rings (SSSR count). The van der Waals surface area contributed by atoms with Gasteiger partial charge in [0.1, 0.15) is 0 Å². The first-order chi connectivity index (χ1) is 27.2. The lowest BCUT2D eigenvalue weighted by Gasteiger charge is -2.16. The van der Waals surface area contributed by atoms with E-state index in [1.165, 1.54) is 0 Å². The van der Waals surface area contributed by atoms with E-state index in [1.807, 2.05) is 102 Å². The lowest BCUT2D eigenvalue weighted by atomic mass is 10.1. The molecule has 4 heterocycles. The minimum Gasteiger partial charge on any atom is -0.309 e. The second-order valence-electron chi connectivity index (χ2n) is 13.8. The first-order valence-electron chi connectivity index (χ1n) is 18.4. The predicted octanol–water partition coefficient (Wildman–Crippen LogP) is 11.3. The van der Waals surface area contributed by atoms with Crippen LogP contribution in [0.1, 0.15) is 0 Å². The Morgan fingerprint density at radius 1 is 0.364 bits per heavy atom. The number of rotatable bonds is 5. The molecule has 258 valence electrons. The number of hydrogen-bond donors (Lipinski definition) is 0. The fraction of sp³-hybridized carbons (Fsp3) is 0. The van der Waals surface area contributed by atoms with Crippen molar-refractivity contribution in [3.8, 4) is 39.8 Å². The lowest BCUT2D eigenvalue weighted by Crippen LogP contribution is -2.19. The molecule has 55 heavy (non-hydrogen) atoms. The molecule has 0 N–H and O–H groups in total. The van der Waals surface area contributed by atoms with Crippen molar-refractivity contribution in [1.29, 1.82) is 0 Å². The molecule has 4 aromatic heterocycles. The van der Waals surface area contributed by atoms with Crippen LogP contribution in [0.5, 0.6) is 0 Å². The smallest absolute Gasteiger partial charge is 0.265 e. The Kier molecular flexibility index (Phi) is 6.91. The topological polar surface area (TPSA) is 57.6 Å². The highest BCUT2D eigenvalue weighted by atomic mass is 16.1. The Labute approximate surface area is 315 Å². The van der Waals surface area contributed by atoms with Crippen molar-refractivity contribution in [2.45, 2.75) is 0 Å². The summed E-state index contributed by atoms with van der Waals surface area (Å²) in [6.45, 7) is 0. The van der Waals surface area contributed by atoms with Gasteiger partial charge in [0.25, 0.3) is 5.56 Å². The molecule has 0 radical (unpaired) electrons. The molecule has 0 saturated carbocycles. The molecule has 6 heteroatoms. The van der Waals surface area contributed by atoms with Gasteiger partial charge in [0.2, 0.25) is 5.95 Å². The summed E-state index contributed by atoms with van der Waals surface area (Å²) in [7, 11) is 0. The van der Waals surface area contributed by atoms with Gasteiger partial charge in [0.05, 0.1) is 44.4 Å². The zero-order chi connectivity index (χ0) is 36.5. The third-order valence-corrected chi connectivity index (χ3v) is 10.7. The molecule has 0 amide bonds. The van der Waals surface area contributed by atoms with Gasteiger partial charge in [-0.15, -0.1) is 0 Å². The fourth-order valence-corrected chi connectivity index (χ4v) is 8.26. The Morgan fingerprint density at radius 2 is 0.836 bits per heavy atom. The van der Waals surface area contributed by atoms with Crippen molar-refractivity contribution in [3.05, 3.63) is 198 Å². The van der Waals surface area contributed by atoms with E-state index in [1.54, 1.807) is 0 Å². The molecule has 0 unspecified atom stereocenters. The molecule has 11 aromatic rings. The molecule has 0 aliphatic rings. The monoisotopic (exact) mass is 705 g/mol. The fourth-order valence-electron chi connectivity index (χ4n) is 8.26. The molecular weight excluding hydrogens is 675 g/mol. The summed E-state index contributed by atoms with van der Waals surface area (Å²) in [6, 6.07) is 63.9. The van der Waals surface area contributed by atoms with E-state index in [0.29, 0.717) is 11.3 Å². The van der Waals surface area contributed by atoms with E-state index in [-0.39, 0.29) is 5.56 Å². The van der Waals surface area contributed by atoms with Crippen molar-refractivity contribution in [1.82, 2.24) is 23.7 Å². The van der Waals surface area contributed by atoms with Crippen LogP contribution in [0, 0.1) is 0 Å². The van der Waals surface area contributed by atoms with E-state index in [0.717, 1.165) is 83.0 Å². The van der Waals surface area contributed by atoms with Crippen LogP contribution >= 0.6 is 0 Å². The highest BCUT2D eigenvalue weighted by Gasteiger charge is 2.25. The number of aromatic nitrogens is 5. The summed E-state index contributed by atoms with van der Waals surface area (Å²) < 4.78 is 6.27. The second-order valence-corrected chi connectivity index (χ2v) is 13.8. The van der Waals surface area contributed by atoms with Crippen LogP contribution in [0.3, 0.4) is 0 Å². The van der Waals surface area contributed by atoms with Gasteiger partial charge in [-0.2, -0.15) is 0 Å². The highest BCUT2D eigenvalue weighted by molar-refractivity contribution is 6.22. The minimum absolute atomic E-state index is 0.104. The maximum absolute atomic E-state index is 15.3. The molecule has 0 bridgehead atoms. The second kappa shape index (κ2) is 12.3. The normalized spacial score (nSPS) is 11.7. The average Bonchev–Trinajstić information content (AvgIpc) is 3.78. The van der Waals surface area contributed by atoms with Gasteiger partial charge in [-0.25, -0.2) is 9.97 Å². The standard InChI is InChI=1S/C49H31N5O/c55-48-46-37-26-14-16-28-43(37)54(49-50-40(32-17-5-1-6-18-32)30-41(51-49)33-19-7-2-8-20-33)47(46)39-29-38-36-25-13-15-27-42(36)52(34-21-9-3-10-22-34)44(38)31-45(39)53(48)35-23-11-4-12-24-35/h1-31H. The van der Waals surface area contributed by atoms with Crippen LogP contribution in [0.4, 0.5) is 0 Å². The van der Waals surface area contributed by atoms with Crippen LogP contribution in [0.25, 0.3) is 94.4 Å². The number of nitrogens with zero attached hydrogens (tertiary/aromatic N) is 5. The maximum Gasteiger partial charge on any atom is 0.265 e. The number of pyridine rings is 1. The van der Waals surface area contributed by atoms with Gasteiger partial charge in [-0.05, 0) is 54.6 Å². The first-order valence-corrected chi connectivity index (χ1v) is 18.4. The number of benzene rings is 7. The Bertz CT molecular complexity index is 3250. The third kappa shape index (κ3) is 4.78. The van der Waals surface area contributed by atoms with Crippen molar-refractivity contribution in [2.24, 2.45) is 0 Å². The Balaban J connectivity index is 1.35. The van der Waals surface area contributed by atoms with E-state index in [9.17, 15) is 0 Å². The molecule has 0 fully saturated rings. The molecule has 0 saturated heterocycles. The third-order valence-electron chi connectivity index (χ3n) is 10.7. The predicted molar refractivity (Wildman–Crippen MR) is 225 cm³/mol. The van der Waals surface area contributed by atoms with Gasteiger partial charge >= 0.3 is 0 Å². The lowest BCUT2D eigenvalue weighted by molar-refractivity contribution is 0.994. The van der Waals surface area contributed by atoms with Gasteiger partial charge in [-0.1, -0.05) is 133 Å².